The van der Waals surface area contributed by atoms with Crippen molar-refractivity contribution in [2.24, 2.45) is 0 Å². The molecule has 0 unspecified atom stereocenters. The Morgan fingerprint density at radius 3 is 2.31 bits per heavy atom. The molecule has 0 heterocycles. The molecule has 1 aromatic rings. The molecule has 0 aliphatic heterocycles. The minimum atomic E-state index is -1.13. The van der Waals surface area contributed by atoms with Crippen LogP contribution in [-0.4, -0.2) is 15.5 Å². The van der Waals surface area contributed by atoms with Crippen molar-refractivity contribution >= 4 is 40.9 Å². The number of carboxylic acid groups (broad SMARTS) is 1. The fraction of sp³-hybridized carbons (Fsp3) is 0. The van der Waals surface area contributed by atoms with E-state index in [1.807, 2.05) is 0 Å². The minimum Gasteiger partial charge on any atom is -0.464 e. The lowest BCUT2D eigenvalue weighted by Gasteiger charge is -2.15. The molecule has 0 bridgehead atoms. The van der Waals surface area contributed by atoms with Gasteiger partial charge in [0, 0.05) is 0 Å². The van der Waals surface area contributed by atoms with Crippen LogP contribution >= 0.6 is 24.8 Å². The van der Waals surface area contributed by atoms with Gasteiger partial charge in [0.25, 0.3) is 0 Å². The van der Waals surface area contributed by atoms with Crippen LogP contribution in [0.2, 0.25) is 0 Å². The maximum atomic E-state index is 10.7. The summed E-state index contributed by atoms with van der Waals surface area (Å²) in [5.41, 5.74) is 0.495. The summed E-state index contributed by atoms with van der Waals surface area (Å²) in [5, 5.41) is 8.79. The van der Waals surface area contributed by atoms with Gasteiger partial charge in [-0.1, -0.05) is 30.4 Å². The van der Waals surface area contributed by atoms with E-state index in [1.54, 1.807) is 30.3 Å². The number of hydrogen-bond acceptors (Lipinski definition) is 2. The summed E-state index contributed by atoms with van der Waals surface area (Å²) < 4.78 is 0.0127. The fourth-order valence-corrected chi connectivity index (χ4v) is 1.26. The highest BCUT2D eigenvalue weighted by Crippen LogP contribution is 2.15. The number of para-hydroxylation sites is 1. The Balaban J connectivity index is 3.03. The lowest BCUT2D eigenvalue weighted by Crippen LogP contribution is -2.31. The Bertz CT molecular complexity index is 312. The number of hydrogen-bond donors (Lipinski definition) is 2. The summed E-state index contributed by atoms with van der Waals surface area (Å²) in [6, 6.07) is 8.56. The number of benzene rings is 1. The largest absolute Gasteiger partial charge is 0.464 e. The third kappa shape index (κ3) is 2.43. The molecule has 68 valence electrons. The van der Waals surface area contributed by atoms with E-state index >= 15 is 0 Å². The average Bonchev–Trinajstić information content (AvgIpc) is 2.04. The maximum absolute atomic E-state index is 10.7. The summed E-state index contributed by atoms with van der Waals surface area (Å²) in [5.74, 6) is 0. The first-order valence-electron chi connectivity index (χ1n) is 3.44. The summed E-state index contributed by atoms with van der Waals surface area (Å²) in [4.78, 5) is 11.7. The maximum Gasteiger partial charge on any atom is 0.417 e. The van der Waals surface area contributed by atoms with Gasteiger partial charge in [-0.05, 0) is 12.1 Å². The Kier molecular flexibility index (Phi) is 3.27. The zero-order valence-corrected chi connectivity index (χ0v) is 8.26. The molecular weight excluding hydrogens is 206 g/mol. The number of nitrogens with zero attached hydrogens (tertiary/aromatic N) is 1. The molecule has 13 heavy (non-hydrogen) atoms. The van der Waals surface area contributed by atoms with Crippen LogP contribution in [0.5, 0.6) is 0 Å². The number of thiol groups is 1. The van der Waals surface area contributed by atoms with Crippen LogP contribution in [0.1, 0.15) is 0 Å². The molecular formula is C8H7NO2S2. The molecule has 0 radical (unpaired) electrons. The van der Waals surface area contributed by atoms with E-state index in [1.165, 1.54) is 0 Å². The van der Waals surface area contributed by atoms with Gasteiger partial charge in [0.15, 0.2) is 0 Å². The Hall–Kier alpha value is -1.07. The minimum absolute atomic E-state index is 0.0127. The summed E-state index contributed by atoms with van der Waals surface area (Å²) in [7, 11) is 0. The predicted octanol–water partition coefficient (Wildman–Crippen LogP) is 2.39. The number of amides is 1. The van der Waals surface area contributed by atoms with Crippen molar-refractivity contribution in [3.63, 3.8) is 0 Å². The van der Waals surface area contributed by atoms with Crippen molar-refractivity contribution in [3.05, 3.63) is 30.3 Å². The van der Waals surface area contributed by atoms with Crippen molar-refractivity contribution in [1.82, 2.24) is 0 Å². The average molecular weight is 213 g/mol. The Labute approximate surface area is 86.4 Å². The predicted molar refractivity (Wildman–Crippen MR) is 58.5 cm³/mol. The van der Waals surface area contributed by atoms with Gasteiger partial charge in [-0.2, -0.15) is 0 Å². The second-order valence-electron chi connectivity index (χ2n) is 2.24. The lowest BCUT2D eigenvalue weighted by atomic mass is 10.3. The van der Waals surface area contributed by atoms with Gasteiger partial charge in [-0.25, -0.2) is 9.69 Å². The van der Waals surface area contributed by atoms with Crippen molar-refractivity contribution in [1.29, 1.82) is 0 Å². The van der Waals surface area contributed by atoms with Crippen LogP contribution in [0.25, 0.3) is 0 Å². The van der Waals surface area contributed by atoms with Gasteiger partial charge in [0.1, 0.15) is 4.32 Å². The molecule has 0 atom stereocenters. The molecule has 0 aromatic heterocycles. The molecule has 1 amide bonds. The van der Waals surface area contributed by atoms with Crippen molar-refractivity contribution in [2.75, 3.05) is 4.90 Å². The van der Waals surface area contributed by atoms with Crippen molar-refractivity contribution < 1.29 is 9.90 Å². The van der Waals surface area contributed by atoms with Gasteiger partial charge >= 0.3 is 6.09 Å². The monoisotopic (exact) mass is 213 g/mol. The van der Waals surface area contributed by atoms with E-state index in [2.05, 4.69) is 24.8 Å². The number of rotatable bonds is 1. The van der Waals surface area contributed by atoms with Crippen LogP contribution < -0.4 is 4.90 Å². The quantitative estimate of drug-likeness (QED) is 0.556. The van der Waals surface area contributed by atoms with Gasteiger partial charge < -0.3 is 5.11 Å². The van der Waals surface area contributed by atoms with Crippen LogP contribution in [0.15, 0.2) is 30.3 Å². The molecule has 0 saturated carbocycles. The molecule has 1 aromatic carbocycles. The topological polar surface area (TPSA) is 40.5 Å². The first-order valence-corrected chi connectivity index (χ1v) is 4.29. The van der Waals surface area contributed by atoms with E-state index in [0.29, 0.717) is 5.69 Å². The normalized spacial score (nSPS) is 9.31. The zero-order valence-electron chi connectivity index (χ0n) is 6.54. The second-order valence-corrected chi connectivity index (χ2v) is 3.35. The van der Waals surface area contributed by atoms with Crippen LogP contribution in [0.4, 0.5) is 10.5 Å². The molecule has 1 N–H and O–H groups in total. The Morgan fingerprint density at radius 2 is 1.92 bits per heavy atom. The number of carbonyl (C=O) groups is 1. The summed E-state index contributed by atoms with van der Waals surface area (Å²) in [6.45, 7) is 0. The molecule has 1 rings (SSSR count). The fourth-order valence-electron chi connectivity index (χ4n) is 0.880. The summed E-state index contributed by atoms with van der Waals surface area (Å²) in [6.07, 6.45) is -1.13. The van der Waals surface area contributed by atoms with Crippen LogP contribution in [0.3, 0.4) is 0 Å². The van der Waals surface area contributed by atoms with Gasteiger partial charge in [-0.3, -0.25) is 0 Å². The Morgan fingerprint density at radius 1 is 1.38 bits per heavy atom. The van der Waals surface area contributed by atoms with Gasteiger partial charge in [0.2, 0.25) is 0 Å². The lowest BCUT2D eigenvalue weighted by molar-refractivity contribution is 0.205. The number of thiocarbonyl (C=S) groups is 1. The van der Waals surface area contributed by atoms with E-state index in [-0.39, 0.29) is 4.32 Å². The molecule has 3 nitrogen and oxygen atoms in total. The van der Waals surface area contributed by atoms with Crippen molar-refractivity contribution in [3.8, 4) is 0 Å². The van der Waals surface area contributed by atoms with Gasteiger partial charge in [-0.15, -0.1) is 12.6 Å². The molecule has 0 aliphatic carbocycles. The van der Waals surface area contributed by atoms with E-state index in [4.69, 9.17) is 5.11 Å². The van der Waals surface area contributed by atoms with Crippen LogP contribution in [-0.2, 0) is 0 Å². The molecule has 0 aliphatic rings. The van der Waals surface area contributed by atoms with E-state index < -0.39 is 6.09 Å². The third-order valence-corrected chi connectivity index (χ3v) is 1.78. The van der Waals surface area contributed by atoms with Gasteiger partial charge in [0.05, 0.1) is 5.69 Å². The SMILES string of the molecule is O=C(O)N(C(=S)S)c1ccccc1. The molecule has 0 saturated heterocycles. The molecule has 0 spiro atoms. The van der Waals surface area contributed by atoms with E-state index in [0.717, 1.165) is 4.90 Å². The van der Waals surface area contributed by atoms with Crippen molar-refractivity contribution in [2.45, 2.75) is 0 Å². The first-order chi connectivity index (χ1) is 6.13. The molecule has 5 heteroatoms. The third-order valence-electron chi connectivity index (χ3n) is 1.40. The van der Waals surface area contributed by atoms with Crippen LogP contribution in [0, 0.1) is 0 Å². The highest BCUT2D eigenvalue weighted by Gasteiger charge is 2.15. The summed E-state index contributed by atoms with van der Waals surface area (Å²) >= 11 is 8.50. The zero-order chi connectivity index (χ0) is 9.84. The first kappa shape index (κ1) is 10.0. The van der Waals surface area contributed by atoms with E-state index in [9.17, 15) is 4.79 Å². The number of anilines is 1. The highest BCUT2D eigenvalue weighted by atomic mass is 32.1. The smallest absolute Gasteiger partial charge is 0.417 e. The standard InChI is InChI=1S/C8H7NO2S2/c10-7(11)9(8(12)13)6-4-2-1-3-5-6/h1-5H,(H,10,11)(H,12,13). The second kappa shape index (κ2) is 4.25. The highest BCUT2D eigenvalue weighted by molar-refractivity contribution is 8.11. The molecule has 0 fully saturated rings.